The summed E-state index contributed by atoms with van der Waals surface area (Å²) < 4.78 is 5.17. The van der Waals surface area contributed by atoms with Gasteiger partial charge in [-0.1, -0.05) is 42.5 Å². The molecule has 0 aliphatic rings. The first-order chi connectivity index (χ1) is 10.2. The molecule has 2 aromatic carbocycles. The Morgan fingerprint density at radius 2 is 1.90 bits per heavy atom. The molecule has 0 saturated heterocycles. The topological polar surface area (TPSA) is 50.7 Å². The van der Waals surface area contributed by atoms with E-state index in [1.807, 2.05) is 61.5 Å². The minimum Gasteiger partial charge on any atom is -0.497 e. The quantitative estimate of drug-likeness (QED) is 0.677. The van der Waals surface area contributed by atoms with Crippen molar-refractivity contribution in [3.63, 3.8) is 0 Å². The van der Waals surface area contributed by atoms with E-state index < -0.39 is 0 Å². The van der Waals surface area contributed by atoms with Gasteiger partial charge in [0.1, 0.15) is 5.75 Å². The van der Waals surface area contributed by atoms with Gasteiger partial charge in [-0.3, -0.25) is 4.79 Å². The van der Waals surface area contributed by atoms with Gasteiger partial charge in [-0.2, -0.15) is 5.10 Å². The molecule has 2 rings (SSSR count). The van der Waals surface area contributed by atoms with Crippen LogP contribution in [-0.2, 0) is 11.2 Å². The van der Waals surface area contributed by atoms with Gasteiger partial charge >= 0.3 is 0 Å². The molecule has 1 amide bonds. The Morgan fingerprint density at radius 1 is 1.14 bits per heavy atom. The third-order valence-electron chi connectivity index (χ3n) is 3.04. The minimum atomic E-state index is -0.136. The fourth-order valence-corrected chi connectivity index (χ4v) is 1.88. The molecular weight excluding hydrogens is 264 g/mol. The van der Waals surface area contributed by atoms with Crippen LogP contribution in [0, 0.1) is 0 Å². The van der Waals surface area contributed by atoms with Crippen LogP contribution in [-0.4, -0.2) is 18.7 Å². The van der Waals surface area contributed by atoms with Crippen molar-refractivity contribution in [2.45, 2.75) is 13.3 Å². The highest BCUT2D eigenvalue weighted by molar-refractivity contribution is 5.99. The first-order valence-electron chi connectivity index (χ1n) is 6.70. The second-order valence-electron chi connectivity index (χ2n) is 4.63. The van der Waals surface area contributed by atoms with Gasteiger partial charge in [0.2, 0.25) is 5.91 Å². The maximum absolute atomic E-state index is 11.8. The summed E-state index contributed by atoms with van der Waals surface area (Å²) in [4.78, 5) is 11.8. The zero-order chi connectivity index (χ0) is 15.1. The fourth-order valence-electron chi connectivity index (χ4n) is 1.88. The van der Waals surface area contributed by atoms with Crippen LogP contribution in [0.1, 0.15) is 18.1 Å². The number of nitrogens with one attached hydrogen (secondary N) is 1. The SMILES string of the molecule is COc1cccc(C(C)=NNC(=O)Cc2ccccc2)c1. The Bertz CT molecular complexity index is 636. The summed E-state index contributed by atoms with van der Waals surface area (Å²) >= 11 is 0. The lowest BCUT2D eigenvalue weighted by Crippen LogP contribution is -2.21. The second kappa shape index (κ2) is 7.24. The number of methoxy groups -OCH3 is 1. The van der Waals surface area contributed by atoms with Crippen LogP contribution in [0.5, 0.6) is 5.75 Å². The van der Waals surface area contributed by atoms with Crippen molar-refractivity contribution in [1.29, 1.82) is 0 Å². The molecule has 4 nitrogen and oxygen atoms in total. The van der Waals surface area contributed by atoms with E-state index in [2.05, 4.69) is 10.5 Å². The molecule has 0 aromatic heterocycles. The lowest BCUT2D eigenvalue weighted by Gasteiger charge is -2.05. The normalized spacial score (nSPS) is 11.0. The highest BCUT2D eigenvalue weighted by Crippen LogP contribution is 2.13. The summed E-state index contributed by atoms with van der Waals surface area (Å²) in [5, 5.41) is 4.13. The number of ether oxygens (including phenoxy) is 1. The van der Waals surface area contributed by atoms with Crippen molar-refractivity contribution in [3.05, 3.63) is 65.7 Å². The van der Waals surface area contributed by atoms with Crippen LogP contribution in [0.4, 0.5) is 0 Å². The number of amides is 1. The van der Waals surface area contributed by atoms with Gasteiger partial charge in [0.15, 0.2) is 0 Å². The van der Waals surface area contributed by atoms with E-state index in [9.17, 15) is 4.79 Å². The average molecular weight is 282 g/mol. The Balaban J connectivity index is 1.98. The lowest BCUT2D eigenvalue weighted by atomic mass is 10.1. The number of rotatable bonds is 5. The Labute approximate surface area is 124 Å². The molecule has 0 aliphatic carbocycles. The van der Waals surface area contributed by atoms with Gasteiger partial charge in [0, 0.05) is 5.56 Å². The maximum Gasteiger partial charge on any atom is 0.244 e. The third kappa shape index (κ3) is 4.45. The standard InChI is InChI=1S/C17H18N2O2/c1-13(15-9-6-10-16(12-15)21-2)18-19-17(20)11-14-7-4-3-5-8-14/h3-10,12H,11H2,1-2H3,(H,19,20). The zero-order valence-electron chi connectivity index (χ0n) is 12.2. The number of hydrogen-bond donors (Lipinski definition) is 1. The summed E-state index contributed by atoms with van der Waals surface area (Å²) in [5.41, 5.74) is 5.18. The smallest absolute Gasteiger partial charge is 0.244 e. The van der Waals surface area contributed by atoms with Crippen molar-refractivity contribution in [2.75, 3.05) is 7.11 Å². The second-order valence-corrected chi connectivity index (χ2v) is 4.63. The van der Waals surface area contributed by atoms with E-state index >= 15 is 0 Å². The van der Waals surface area contributed by atoms with Gasteiger partial charge in [-0.25, -0.2) is 5.43 Å². The summed E-state index contributed by atoms with van der Waals surface area (Å²) in [7, 11) is 1.62. The predicted molar refractivity (Wildman–Crippen MR) is 83.5 cm³/mol. The molecule has 2 aromatic rings. The van der Waals surface area contributed by atoms with E-state index in [-0.39, 0.29) is 5.91 Å². The van der Waals surface area contributed by atoms with Crippen molar-refractivity contribution >= 4 is 11.6 Å². The molecule has 0 heterocycles. The molecule has 21 heavy (non-hydrogen) atoms. The number of hydrazone groups is 1. The predicted octanol–water partition coefficient (Wildman–Crippen LogP) is 2.78. The average Bonchev–Trinajstić information content (AvgIpc) is 2.53. The van der Waals surface area contributed by atoms with Crippen molar-refractivity contribution in [3.8, 4) is 5.75 Å². The summed E-state index contributed by atoms with van der Waals surface area (Å²) in [5.74, 6) is 0.626. The van der Waals surface area contributed by atoms with Crippen molar-refractivity contribution < 1.29 is 9.53 Å². The molecule has 0 saturated carbocycles. The number of nitrogens with zero attached hydrogens (tertiary/aromatic N) is 1. The number of carbonyl (C=O) groups excluding carboxylic acids is 1. The minimum absolute atomic E-state index is 0.136. The Hall–Kier alpha value is -2.62. The molecule has 0 bridgehead atoms. The van der Waals surface area contributed by atoms with Crippen LogP contribution in [0.3, 0.4) is 0 Å². The lowest BCUT2D eigenvalue weighted by molar-refractivity contribution is -0.120. The molecular formula is C17H18N2O2. The molecule has 0 atom stereocenters. The van der Waals surface area contributed by atoms with Gasteiger partial charge in [0.25, 0.3) is 0 Å². The molecule has 0 unspecified atom stereocenters. The summed E-state index contributed by atoms with van der Waals surface area (Å²) in [6, 6.07) is 17.1. The molecule has 1 N–H and O–H groups in total. The molecule has 0 aliphatic heterocycles. The van der Waals surface area contributed by atoms with Gasteiger partial charge in [-0.15, -0.1) is 0 Å². The summed E-state index contributed by atoms with van der Waals surface area (Å²) in [6.07, 6.45) is 0.315. The van der Waals surface area contributed by atoms with Gasteiger partial charge < -0.3 is 4.74 Å². The van der Waals surface area contributed by atoms with Crippen LogP contribution in [0.15, 0.2) is 59.7 Å². The molecule has 0 spiro atoms. The van der Waals surface area contributed by atoms with E-state index in [4.69, 9.17) is 4.74 Å². The molecule has 0 fully saturated rings. The maximum atomic E-state index is 11.8. The Kier molecular flexibility index (Phi) is 5.10. The molecule has 4 heteroatoms. The van der Waals surface area contributed by atoms with Gasteiger partial charge in [-0.05, 0) is 24.6 Å². The molecule has 108 valence electrons. The summed E-state index contributed by atoms with van der Waals surface area (Å²) in [6.45, 7) is 1.84. The van der Waals surface area contributed by atoms with Crippen molar-refractivity contribution in [1.82, 2.24) is 5.43 Å². The van der Waals surface area contributed by atoms with Gasteiger partial charge in [0.05, 0.1) is 19.2 Å². The highest BCUT2D eigenvalue weighted by Gasteiger charge is 2.03. The van der Waals surface area contributed by atoms with E-state index in [1.165, 1.54) is 0 Å². The third-order valence-corrected chi connectivity index (χ3v) is 3.04. The first kappa shape index (κ1) is 14.8. The van der Waals surface area contributed by atoms with Crippen LogP contribution in [0.25, 0.3) is 0 Å². The van der Waals surface area contributed by atoms with E-state index in [0.29, 0.717) is 6.42 Å². The number of carbonyl (C=O) groups is 1. The zero-order valence-corrected chi connectivity index (χ0v) is 12.2. The Morgan fingerprint density at radius 3 is 2.62 bits per heavy atom. The largest absolute Gasteiger partial charge is 0.497 e. The monoisotopic (exact) mass is 282 g/mol. The van der Waals surface area contributed by atoms with E-state index in [0.717, 1.165) is 22.6 Å². The van der Waals surface area contributed by atoms with Crippen LogP contribution in [0.2, 0.25) is 0 Å². The van der Waals surface area contributed by atoms with Crippen molar-refractivity contribution in [2.24, 2.45) is 5.10 Å². The van der Waals surface area contributed by atoms with E-state index in [1.54, 1.807) is 7.11 Å². The first-order valence-corrected chi connectivity index (χ1v) is 6.70. The van der Waals surface area contributed by atoms with Crippen LogP contribution >= 0.6 is 0 Å². The highest BCUT2D eigenvalue weighted by atomic mass is 16.5. The number of benzene rings is 2. The number of hydrogen-bond acceptors (Lipinski definition) is 3. The molecule has 0 radical (unpaired) electrons. The fraction of sp³-hybridized carbons (Fsp3) is 0.176. The van der Waals surface area contributed by atoms with Crippen LogP contribution < -0.4 is 10.2 Å².